The summed E-state index contributed by atoms with van der Waals surface area (Å²) in [4.78, 5) is 11.1. The van der Waals surface area contributed by atoms with E-state index in [1.807, 2.05) is 13.8 Å². The van der Waals surface area contributed by atoms with Crippen LogP contribution in [-0.4, -0.2) is 25.3 Å². The van der Waals surface area contributed by atoms with Gasteiger partial charge in [0.2, 0.25) is 0 Å². The minimum Gasteiger partial charge on any atom is -0.505 e. The Kier molecular flexibility index (Phi) is 5.92. The van der Waals surface area contributed by atoms with E-state index in [9.17, 15) is 9.18 Å². The Bertz CT molecular complexity index is 363. The molecule has 1 aromatic carbocycles. The summed E-state index contributed by atoms with van der Waals surface area (Å²) in [6.07, 6.45) is 0. The first-order valence-electron chi connectivity index (χ1n) is 4.75. The Balaban J connectivity index is 0.00000106. The third kappa shape index (κ3) is 3.12. The normalized spacial score (nSPS) is 8.81. The van der Waals surface area contributed by atoms with E-state index < -0.39 is 17.5 Å². The molecule has 0 aromatic heterocycles. The number of carbonyl (C=O) groups excluding carboxylic acids is 1. The number of ether oxygens (including phenoxy) is 2. The lowest BCUT2D eigenvalue weighted by molar-refractivity contribution is 0.0596. The van der Waals surface area contributed by atoms with Crippen molar-refractivity contribution in [3.63, 3.8) is 0 Å². The van der Waals surface area contributed by atoms with Gasteiger partial charge in [0.05, 0.1) is 14.2 Å². The molecule has 5 heteroatoms. The summed E-state index contributed by atoms with van der Waals surface area (Å²) >= 11 is 0. The number of phenolic OH excluding ortho intramolecular Hbond substituents is 1. The van der Waals surface area contributed by atoms with Crippen LogP contribution in [0.25, 0.3) is 0 Å². The maximum Gasteiger partial charge on any atom is 0.341 e. The van der Waals surface area contributed by atoms with Gasteiger partial charge in [0.15, 0.2) is 11.6 Å². The van der Waals surface area contributed by atoms with Gasteiger partial charge in [-0.3, -0.25) is 0 Å². The molecular formula is C11H15FO4. The molecule has 1 rings (SSSR count). The standard InChI is InChI=1S/C9H9FO4.C2H6/c1-13-8-4-7(11)6(10)3-5(8)9(12)14-2;1-2/h3-4,11H,1-2H3;1-2H3. The van der Waals surface area contributed by atoms with E-state index in [4.69, 9.17) is 9.84 Å². The molecule has 0 saturated carbocycles. The highest BCUT2D eigenvalue weighted by molar-refractivity contribution is 5.92. The van der Waals surface area contributed by atoms with Crippen molar-refractivity contribution in [2.75, 3.05) is 14.2 Å². The van der Waals surface area contributed by atoms with Crippen molar-refractivity contribution in [3.05, 3.63) is 23.5 Å². The van der Waals surface area contributed by atoms with Crippen LogP contribution in [0.1, 0.15) is 24.2 Å². The van der Waals surface area contributed by atoms with Gasteiger partial charge in [-0.2, -0.15) is 0 Å². The van der Waals surface area contributed by atoms with Crippen LogP contribution in [0.5, 0.6) is 11.5 Å². The van der Waals surface area contributed by atoms with Gasteiger partial charge >= 0.3 is 5.97 Å². The second-order valence-electron chi connectivity index (χ2n) is 2.50. The molecule has 0 atom stereocenters. The van der Waals surface area contributed by atoms with Crippen molar-refractivity contribution in [1.29, 1.82) is 0 Å². The summed E-state index contributed by atoms with van der Waals surface area (Å²) in [5.41, 5.74) is -0.0645. The van der Waals surface area contributed by atoms with Crippen LogP contribution in [0.3, 0.4) is 0 Å². The van der Waals surface area contributed by atoms with Gasteiger partial charge in [-0.15, -0.1) is 0 Å². The fourth-order valence-electron chi connectivity index (χ4n) is 0.981. The number of benzene rings is 1. The molecule has 1 N–H and O–H groups in total. The highest BCUT2D eigenvalue weighted by Gasteiger charge is 2.16. The number of hydrogen-bond donors (Lipinski definition) is 1. The zero-order chi connectivity index (χ0) is 12.7. The Morgan fingerprint density at radius 3 is 2.31 bits per heavy atom. The first kappa shape index (κ1) is 14.2. The number of aromatic hydroxyl groups is 1. The zero-order valence-electron chi connectivity index (χ0n) is 9.70. The molecule has 0 unspecified atom stereocenters. The van der Waals surface area contributed by atoms with Gasteiger partial charge in [0, 0.05) is 6.07 Å². The average Bonchev–Trinajstić information content (AvgIpc) is 2.33. The van der Waals surface area contributed by atoms with E-state index in [2.05, 4.69) is 4.74 Å². The second-order valence-corrected chi connectivity index (χ2v) is 2.50. The average molecular weight is 230 g/mol. The van der Waals surface area contributed by atoms with Crippen LogP contribution >= 0.6 is 0 Å². The summed E-state index contributed by atoms with van der Waals surface area (Å²) in [7, 11) is 2.48. The van der Waals surface area contributed by atoms with E-state index in [0.717, 1.165) is 12.1 Å². The molecule has 90 valence electrons. The molecule has 0 aliphatic carbocycles. The topological polar surface area (TPSA) is 55.8 Å². The van der Waals surface area contributed by atoms with Crippen LogP contribution in [0.4, 0.5) is 4.39 Å². The summed E-state index contributed by atoms with van der Waals surface area (Å²) in [6.45, 7) is 4.00. The number of rotatable bonds is 2. The van der Waals surface area contributed by atoms with Crippen LogP contribution in [0, 0.1) is 5.82 Å². The molecule has 0 fully saturated rings. The van der Waals surface area contributed by atoms with Gasteiger partial charge < -0.3 is 14.6 Å². The number of phenols is 1. The molecule has 0 bridgehead atoms. The molecule has 4 nitrogen and oxygen atoms in total. The Morgan fingerprint density at radius 2 is 1.88 bits per heavy atom. The fourth-order valence-corrected chi connectivity index (χ4v) is 0.981. The van der Waals surface area contributed by atoms with E-state index >= 15 is 0 Å². The van der Waals surface area contributed by atoms with E-state index in [1.54, 1.807) is 0 Å². The van der Waals surface area contributed by atoms with Crippen molar-refractivity contribution < 1.29 is 23.8 Å². The monoisotopic (exact) mass is 230 g/mol. The van der Waals surface area contributed by atoms with E-state index in [1.165, 1.54) is 14.2 Å². The fraction of sp³-hybridized carbons (Fsp3) is 0.364. The molecule has 0 amide bonds. The second kappa shape index (κ2) is 6.66. The molecule has 0 saturated heterocycles. The van der Waals surface area contributed by atoms with Gasteiger partial charge in [0.1, 0.15) is 11.3 Å². The Labute approximate surface area is 93.6 Å². The Hall–Kier alpha value is -1.78. The first-order chi connectivity index (χ1) is 7.60. The number of esters is 1. The van der Waals surface area contributed by atoms with Crippen molar-refractivity contribution >= 4 is 5.97 Å². The van der Waals surface area contributed by atoms with Crippen LogP contribution in [0.15, 0.2) is 12.1 Å². The number of halogens is 1. The maximum absolute atomic E-state index is 12.9. The van der Waals surface area contributed by atoms with E-state index in [0.29, 0.717) is 0 Å². The van der Waals surface area contributed by atoms with Crippen molar-refractivity contribution in [1.82, 2.24) is 0 Å². The predicted octanol–water partition coefficient (Wildman–Crippen LogP) is 2.35. The minimum atomic E-state index is -0.897. The van der Waals surface area contributed by atoms with Crippen molar-refractivity contribution in [2.24, 2.45) is 0 Å². The SMILES string of the molecule is CC.COC(=O)c1cc(F)c(O)cc1OC. The van der Waals surface area contributed by atoms with Gasteiger partial charge in [0.25, 0.3) is 0 Å². The highest BCUT2D eigenvalue weighted by Crippen LogP contribution is 2.27. The van der Waals surface area contributed by atoms with Crippen LogP contribution < -0.4 is 4.74 Å². The van der Waals surface area contributed by atoms with E-state index in [-0.39, 0.29) is 11.3 Å². The van der Waals surface area contributed by atoms with Gasteiger partial charge in [-0.05, 0) is 6.07 Å². The number of methoxy groups -OCH3 is 2. The van der Waals surface area contributed by atoms with Crippen LogP contribution in [-0.2, 0) is 4.74 Å². The summed E-state index contributed by atoms with van der Waals surface area (Å²) < 4.78 is 22.1. The highest BCUT2D eigenvalue weighted by atomic mass is 19.1. The summed E-state index contributed by atoms with van der Waals surface area (Å²) in [5, 5.41) is 9.00. The van der Waals surface area contributed by atoms with Crippen molar-refractivity contribution in [3.8, 4) is 11.5 Å². The third-order valence-corrected chi connectivity index (χ3v) is 1.67. The number of hydrogen-bond acceptors (Lipinski definition) is 4. The smallest absolute Gasteiger partial charge is 0.341 e. The molecule has 0 radical (unpaired) electrons. The molecule has 16 heavy (non-hydrogen) atoms. The maximum atomic E-state index is 12.9. The largest absolute Gasteiger partial charge is 0.505 e. The lowest BCUT2D eigenvalue weighted by atomic mass is 10.2. The third-order valence-electron chi connectivity index (χ3n) is 1.67. The lowest BCUT2D eigenvalue weighted by Gasteiger charge is -2.07. The van der Waals surface area contributed by atoms with Crippen LogP contribution in [0.2, 0.25) is 0 Å². The first-order valence-corrected chi connectivity index (χ1v) is 4.75. The molecule has 1 aromatic rings. The quantitative estimate of drug-likeness (QED) is 0.792. The molecule has 0 aliphatic heterocycles. The Morgan fingerprint density at radius 1 is 1.31 bits per heavy atom. The molecule has 0 spiro atoms. The van der Waals surface area contributed by atoms with Crippen molar-refractivity contribution in [2.45, 2.75) is 13.8 Å². The minimum absolute atomic E-state index is 0.0645. The van der Waals surface area contributed by atoms with Gasteiger partial charge in [-0.25, -0.2) is 9.18 Å². The van der Waals surface area contributed by atoms with Gasteiger partial charge in [-0.1, -0.05) is 13.8 Å². The predicted molar refractivity (Wildman–Crippen MR) is 57.3 cm³/mol. The summed E-state index contributed by atoms with van der Waals surface area (Å²) in [5.74, 6) is -2.13. The summed E-state index contributed by atoms with van der Waals surface area (Å²) in [6, 6.07) is 1.88. The molecule has 0 aliphatic rings. The molecular weight excluding hydrogens is 215 g/mol. The lowest BCUT2D eigenvalue weighted by Crippen LogP contribution is -2.04. The zero-order valence-corrected chi connectivity index (χ0v) is 9.70. The number of carbonyl (C=O) groups is 1. The molecule has 0 heterocycles.